The van der Waals surface area contributed by atoms with Gasteiger partial charge in [-0.1, -0.05) is 54.1 Å². The minimum absolute atomic E-state index is 0.0995. The van der Waals surface area contributed by atoms with Crippen molar-refractivity contribution in [3.05, 3.63) is 70.7 Å². The van der Waals surface area contributed by atoms with E-state index in [2.05, 4.69) is 5.32 Å². The van der Waals surface area contributed by atoms with Gasteiger partial charge >= 0.3 is 6.09 Å². The van der Waals surface area contributed by atoms with Crippen LogP contribution in [0.4, 0.5) is 4.79 Å². The molecule has 1 saturated heterocycles. The predicted molar refractivity (Wildman–Crippen MR) is 96.1 cm³/mol. The molecule has 2 aromatic rings. The first-order valence-corrected chi connectivity index (χ1v) is 8.52. The molecule has 2 amide bonds. The average Bonchev–Trinajstić information content (AvgIpc) is 2.63. The monoisotopic (exact) mass is 358 g/mol. The molecule has 2 atom stereocenters. The third kappa shape index (κ3) is 3.94. The molecule has 2 N–H and O–H groups in total. The number of hydrogen-bond donors (Lipinski definition) is 2. The molecule has 0 bridgehead atoms. The Morgan fingerprint density at radius 1 is 1.08 bits per heavy atom. The first-order valence-electron chi connectivity index (χ1n) is 8.14. The van der Waals surface area contributed by atoms with E-state index in [0.717, 1.165) is 5.56 Å². The molecule has 0 spiro atoms. The average molecular weight is 359 g/mol. The van der Waals surface area contributed by atoms with Crippen LogP contribution < -0.4 is 5.32 Å². The van der Waals surface area contributed by atoms with Gasteiger partial charge in [0, 0.05) is 25.0 Å². The number of carboxylic acid groups (broad SMARTS) is 1. The first-order chi connectivity index (χ1) is 12.1. The highest BCUT2D eigenvalue weighted by Gasteiger charge is 2.33. The van der Waals surface area contributed by atoms with Gasteiger partial charge in [-0.05, 0) is 24.1 Å². The Bertz CT molecular complexity index is 766. The topological polar surface area (TPSA) is 69.6 Å². The fraction of sp³-hybridized carbons (Fsp3) is 0.263. The van der Waals surface area contributed by atoms with Crippen LogP contribution in [0.5, 0.6) is 0 Å². The molecule has 25 heavy (non-hydrogen) atoms. The molecule has 2 unspecified atom stereocenters. The fourth-order valence-corrected chi connectivity index (χ4v) is 3.45. The maximum Gasteiger partial charge on any atom is 0.407 e. The second-order valence-corrected chi connectivity index (χ2v) is 6.50. The van der Waals surface area contributed by atoms with Crippen LogP contribution in [-0.2, 0) is 0 Å². The highest BCUT2D eigenvalue weighted by atomic mass is 35.5. The SMILES string of the molecule is O=C(NC1CCN(C(=O)O)CC1c1ccccc1)c1ccccc1Cl. The molecule has 1 aliphatic heterocycles. The van der Waals surface area contributed by atoms with Crippen LogP contribution in [0, 0.1) is 0 Å². The minimum Gasteiger partial charge on any atom is -0.465 e. The van der Waals surface area contributed by atoms with Crippen LogP contribution in [0.25, 0.3) is 0 Å². The molecule has 5 nitrogen and oxygen atoms in total. The summed E-state index contributed by atoms with van der Waals surface area (Å²) in [6.45, 7) is 0.749. The molecule has 1 aliphatic rings. The van der Waals surface area contributed by atoms with Gasteiger partial charge in [0.2, 0.25) is 0 Å². The Kier molecular flexibility index (Phi) is 5.24. The van der Waals surface area contributed by atoms with E-state index >= 15 is 0 Å². The molecule has 3 rings (SSSR count). The second kappa shape index (κ2) is 7.57. The summed E-state index contributed by atoms with van der Waals surface area (Å²) in [5.74, 6) is -0.335. The summed E-state index contributed by atoms with van der Waals surface area (Å²) in [6.07, 6.45) is -0.376. The number of piperidine rings is 1. The van der Waals surface area contributed by atoms with Gasteiger partial charge < -0.3 is 15.3 Å². The van der Waals surface area contributed by atoms with Gasteiger partial charge in [0.25, 0.3) is 5.91 Å². The highest BCUT2D eigenvalue weighted by Crippen LogP contribution is 2.28. The molecule has 0 radical (unpaired) electrons. The zero-order chi connectivity index (χ0) is 17.8. The standard InChI is InChI=1S/C19H19ClN2O3/c20-16-9-5-4-8-14(16)18(23)21-17-10-11-22(19(24)25)12-15(17)13-6-2-1-3-7-13/h1-9,15,17H,10-12H2,(H,21,23)(H,24,25). The highest BCUT2D eigenvalue weighted by molar-refractivity contribution is 6.33. The lowest BCUT2D eigenvalue weighted by molar-refractivity contribution is 0.0888. The van der Waals surface area contributed by atoms with Gasteiger partial charge in [-0.25, -0.2) is 4.79 Å². The van der Waals surface area contributed by atoms with Gasteiger partial charge in [0.1, 0.15) is 0 Å². The van der Waals surface area contributed by atoms with Crippen molar-refractivity contribution < 1.29 is 14.7 Å². The minimum atomic E-state index is -0.934. The Labute approximate surface area is 151 Å². The van der Waals surface area contributed by atoms with Gasteiger partial charge in [-0.2, -0.15) is 0 Å². The lowest BCUT2D eigenvalue weighted by atomic mass is 9.86. The summed E-state index contributed by atoms with van der Waals surface area (Å²) in [5.41, 5.74) is 1.44. The van der Waals surface area contributed by atoms with E-state index in [0.29, 0.717) is 30.1 Å². The number of nitrogens with zero attached hydrogens (tertiary/aromatic N) is 1. The lowest BCUT2D eigenvalue weighted by Gasteiger charge is -2.38. The number of likely N-dealkylation sites (tertiary alicyclic amines) is 1. The number of rotatable bonds is 3. The van der Waals surface area contributed by atoms with Gasteiger partial charge in [-0.15, -0.1) is 0 Å². The van der Waals surface area contributed by atoms with Crippen molar-refractivity contribution in [1.29, 1.82) is 0 Å². The summed E-state index contributed by atoms with van der Waals surface area (Å²) < 4.78 is 0. The summed E-state index contributed by atoms with van der Waals surface area (Å²) in [5, 5.41) is 12.7. The number of carbonyl (C=O) groups excluding carboxylic acids is 1. The summed E-state index contributed by atoms with van der Waals surface area (Å²) >= 11 is 6.11. The number of amides is 2. The Morgan fingerprint density at radius 2 is 1.76 bits per heavy atom. The maximum atomic E-state index is 12.6. The Balaban J connectivity index is 1.82. The Hall–Kier alpha value is -2.53. The van der Waals surface area contributed by atoms with Crippen molar-refractivity contribution in [3.8, 4) is 0 Å². The van der Waals surface area contributed by atoms with E-state index in [1.807, 2.05) is 30.3 Å². The van der Waals surface area contributed by atoms with Gasteiger partial charge in [-0.3, -0.25) is 4.79 Å². The van der Waals surface area contributed by atoms with E-state index in [9.17, 15) is 14.7 Å². The van der Waals surface area contributed by atoms with Crippen molar-refractivity contribution in [2.24, 2.45) is 0 Å². The van der Waals surface area contributed by atoms with Crippen molar-refractivity contribution in [1.82, 2.24) is 10.2 Å². The number of carbonyl (C=O) groups is 2. The van der Waals surface area contributed by atoms with Crippen LogP contribution in [-0.4, -0.2) is 41.1 Å². The maximum absolute atomic E-state index is 12.6. The Morgan fingerprint density at radius 3 is 2.44 bits per heavy atom. The van der Waals surface area contributed by atoms with Crippen LogP contribution in [0.3, 0.4) is 0 Å². The van der Waals surface area contributed by atoms with Crippen LogP contribution in [0.2, 0.25) is 5.02 Å². The van der Waals surface area contributed by atoms with E-state index < -0.39 is 6.09 Å². The molecule has 2 aromatic carbocycles. The summed E-state index contributed by atoms with van der Waals surface area (Å²) in [4.78, 5) is 25.3. The second-order valence-electron chi connectivity index (χ2n) is 6.09. The molecule has 0 aliphatic carbocycles. The summed E-state index contributed by atoms with van der Waals surface area (Å²) in [7, 11) is 0. The fourth-order valence-electron chi connectivity index (χ4n) is 3.23. The van der Waals surface area contributed by atoms with Crippen molar-refractivity contribution in [3.63, 3.8) is 0 Å². The molecule has 0 saturated carbocycles. The van der Waals surface area contributed by atoms with Crippen molar-refractivity contribution >= 4 is 23.6 Å². The largest absolute Gasteiger partial charge is 0.465 e. The predicted octanol–water partition coefficient (Wildman–Crippen LogP) is 3.61. The lowest BCUT2D eigenvalue weighted by Crippen LogP contribution is -2.51. The van der Waals surface area contributed by atoms with E-state index in [1.54, 1.807) is 24.3 Å². The smallest absolute Gasteiger partial charge is 0.407 e. The van der Waals surface area contributed by atoms with Crippen molar-refractivity contribution in [2.45, 2.75) is 18.4 Å². The molecular weight excluding hydrogens is 340 g/mol. The molecule has 0 aromatic heterocycles. The third-order valence-corrected chi connectivity index (χ3v) is 4.88. The molecule has 1 heterocycles. The zero-order valence-corrected chi connectivity index (χ0v) is 14.3. The number of nitrogens with one attached hydrogen (secondary N) is 1. The van der Waals surface area contributed by atoms with Crippen LogP contribution >= 0.6 is 11.6 Å². The summed E-state index contributed by atoms with van der Waals surface area (Å²) in [6, 6.07) is 16.4. The molecular formula is C19H19ClN2O3. The number of benzene rings is 2. The molecule has 1 fully saturated rings. The first kappa shape index (κ1) is 17.3. The van der Waals surface area contributed by atoms with Gasteiger partial charge in [0.15, 0.2) is 0 Å². The third-order valence-electron chi connectivity index (χ3n) is 4.55. The number of halogens is 1. The molecule has 130 valence electrons. The zero-order valence-electron chi connectivity index (χ0n) is 13.6. The van der Waals surface area contributed by atoms with Crippen molar-refractivity contribution in [2.75, 3.05) is 13.1 Å². The van der Waals surface area contributed by atoms with E-state index in [1.165, 1.54) is 4.90 Å². The normalized spacial score (nSPS) is 20.1. The van der Waals surface area contributed by atoms with Crippen LogP contribution in [0.15, 0.2) is 54.6 Å². The van der Waals surface area contributed by atoms with E-state index in [-0.39, 0.29) is 17.9 Å². The number of hydrogen-bond acceptors (Lipinski definition) is 2. The quantitative estimate of drug-likeness (QED) is 0.880. The van der Waals surface area contributed by atoms with E-state index in [4.69, 9.17) is 11.6 Å². The molecule has 6 heteroatoms. The van der Waals surface area contributed by atoms with Gasteiger partial charge in [0.05, 0.1) is 10.6 Å². The van der Waals surface area contributed by atoms with Crippen LogP contribution in [0.1, 0.15) is 28.3 Å².